The minimum Gasteiger partial charge on any atom is -0.379 e. The maximum atomic E-state index is 11.6. The molecule has 0 atom stereocenters. The highest BCUT2D eigenvalue weighted by Crippen LogP contribution is 1.96. The highest BCUT2D eigenvalue weighted by atomic mass is 16.5. The second-order valence-electron chi connectivity index (χ2n) is 4.71. The van der Waals surface area contributed by atoms with Crippen LogP contribution in [0.2, 0.25) is 0 Å². The van der Waals surface area contributed by atoms with E-state index in [1.165, 1.54) is 0 Å². The standard InChI is InChI=1S/C13H27N3O2/c1-3-12(4-2)15-13(17)11-14-5-6-16-7-9-18-10-8-16/h12,14H,3-11H2,1-2H3,(H,15,17). The van der Waals surface area contributed by atoms with Gasteiger partial charge in [0.2, 0.25) is 5.91 Å². The monoisotopic (exact) mass is 257 g/mol. The number of ether oxygens (including phenoxy) is 1. The molecule has 0 bridgehead atoms. The van der Waals surface area contributed by atoms with Gasteiger partial charge in [0.25, 0.3) is 0 Å². The van der Waals surface area contributed by atoms with E-state index in [9.17, 15) is 4.79 Å². The van der Waals surface area contributed by atoms with E-state index in [2.05, 4.69) is 29.4 Å². The number of carbonyl (C=O) groups excluding carboxylic acids is 1. The Morgan fingerprint density at radius 1 is 1.28 bits per heavy atom. The summed E-state index contributed by atoms with van der Waals surface area (Å²) in [5.41, 5.74) is 0. The van der Waals surface area contributed by atoms with E-state index in [0.29, 0.717) is 12.6 Å². The molecule has 0 spiro atoms. The number of hydrogen-bond acceptors (Lipinski definition) is 4. The van der Waals surface area contributed by atoms with Gasteiger partial charge in [0.15, 0.2) is 0 Å². The summed E-state index contributed by atoms with van der Waals surface area (Å²) in [6.45, 7) is 10.1. The zero-order chi connectivity index (χ0) is 13.2. The van der Waals surface area contributed by atoms with Crippen LogP contribution < -0.4 is 10.6 Å². The van der Waals surface area contributed by atoms with Crippen LogP contribution in [0.25, 0.3) is 0 Å². The van der Waals surface area contributed by atoms with Gasteiger partial charge in [-0.2, -0.15) is 0 Å². The number of amides is 1. The van der Waals surface area contributed by atoms with Gasteiger partial charge in [-0.1, -0.05) is 13.8 Å². The molecule has 18 heavy (non-hydrogen) atoms. The van der Waals surface area contributed by atoms with E-state index >= 15 is 0 Å². The van der Waals surface area contributed by atoms with Crippen LogP contribution in [0.5, 0.6) is 0 Å². The predicted octanol–water partition coefficient (Wildman–Crippen LogP) is 0.213. The number of nitrogens with one attached hydrogen (secondary N) is 2. The lowest BCUT2D eigenvalue weighted by Crippen LogP contribution is -2.43. The molecule has 2 N–H and O–H groups in total. The van der Waals surface area contributed by atoms with Crippen LogP contribution >= 0.6 is 0 Å². The molecule has 0 radical (unpaired) electrons. The fourth-order valence-electron chi connectivity index (χ4n) is 2.04. The number of rotatable bonds is 8. The maximum Gasteiger partial charge on any atom is 0.234 e. The van der Waals surface area contributed by atoms with Gasteiger partial charge in [-0.3, -0.25) is 9.69 Å². The Kier molecular flexibility index (Phi) is 7.96. The summed E-state index contributed by atoms with van der Waals surface area (Å²) < 4.78 is 5.29. The van der Waals surface area contributed by atoms with Crippen molar-refractivity contribution in [1.82, 2.24) is 15.5 Å². The van der Waals surface area contributed by atoms with Crippen LogP contribution in [0.3, 0.4) is 0 Å². The van der Waals surface area contributed by atoms with E-state index in [1.54, 1.807) is 0 Å². The lowest BCUT2D eigenvalue weighted by Gasteiger charge is -2.26. The zero-order valence-corrected chi connectivity index (χ0v) is 11.7. The highest BCUT2D eigenvalue weighted by Gasteiger charge is 2.10. The first kappa shape index (κ1) is 15.4. The van der Waals surface area contributed by atoms with Crippen molar-refractivity contribution >= 4 is 5.91 Å². The van der Waals surface area contributed by atoms with Crippen LogP contribution in [0.4, 0.5) is 0 Å². The molecule has 106 valence electrons. The van der Waals surface area contributed by atoms with Crippen LogP contribution in [0, 0.1) is 0 Å². The molecule has 0 unspecified atom stereocenters. The molecule has 5 heteroatoms. The Hall–Kier alpha value is -0.650. The van der Waals surface area contributed by atoms with Gasteiger partial charge in [0.05, 0.1) is 19.8 Å². The molecule has 0 saturated carbocycles. The Labute approximate surface area is 110 Å². The molecule has 1 heterocycles. The van der Waals surface area contributed by atoms with Gasteiger partial charge in [0, 0.05) is 32.2 Å². The fourth-order valence-corrected chi connectivity index (χ4v) is 2.04. The topological polar surface area (TPSA) is 53.6 Å². The molecule has 1 rings (SSSR count). The predicted molar refractivity (Wildman–Crippen MR) is 72.6 cm³/mol. The first-order chi connectivity index (χ1) is 8.76. The minimum absolute atomic E-state index is 0.102. The SMILES string of the molecule is CCC(CC)NC(=O)CNCCN1CCOCC1. The summed E-state index contributed by atoms with van der Waals surface area (Å²) in [7, 11) is 0. The van der Waals surface area contributed by atoms with Crippen LogP contribution in [-0.4, -0.2) is 62.8 Å². The molecular formula is C13H27N3O2. The molecule has 0 aromatic rings. The lowest BCUT2D eigenvalue weighted by molar-refractivity contribution is -0.121. The number of morpholine rings is 1. The van der Waals surface area contributed by atoms with Gasteiger partial charge in [0.1, 0.15) is 0 Å². The molecular weight excluding hydrogens is 230 g/mol. The first-order valence-corrected chi connectivity index (χ1v) is 7.06. The molecule has 5 nitrogen and oxygen atoms in total. The molecule has 0 aromatic heterocycles. The largest absolute Gasteiger partial charge is 0.379 e. The van der Waals surface area contributed by atoms with Crippen LogP contribution in [0.15, 0.2) is 0 Å². The summed E-state index contributed by atoms with van der Waals surface area (Å²) in [6.07, 6.45) is 1.99. The van der Waals surface area contributed by atoms with Crippen molar-refractivity contribution in [3.8, 4) is 0 Å². The molecule has 1 aliphatic heterocycles. The first-order valence-electron chi connectivity index (χ1n) is 7.06. The highest BCUT2D eigenvalue weighted by molar-refractivity contribution is 5.78. The van der Waals surface area contributed by atoms with Crippen molar-refractivity contribution in [3.63, 3.8) is 0 Å². The summed E-state index contributed by atoms with van der Waals surface area (Å²) in [6, 6.07) is 0.318. The average molecular weight is 257 g/mol. The van der Waals surface area contributed by atoms with Crippen molar-refractivity contribution in [1.29, 1.82) is 0 Å². The smallest absolute Gasteiger partial charge is 0.234 e. The van der Waals surface area contributed by atoms with E-state index < -0.39 is 0 Å². The molecule has 1 saturated heterocycles. The fraction of sp³-hybridized carbons (Fsp3) is 0.923. The average Bonchev–Trinajstić information content (AvgIpc) is 2.42. The summed E-state index contributed by atoms with van der Waals surface area (Å²) in [5, 5.41) is 6.21. The summed E-state index contributed by atoms with van der Waals surface area (Å²) >= 11 is 0. The minimum atomic E-state index is 0.102. The molecule has 1 amide bonds. The molecule has 0 aliphatic carbocycles. The maximum absolute atomic E-state index is 11.6. The second kappa shape index (κ2) is 9.30. The van der Waals surface area contributed by atoms with Crippen molar-refractivity contribution in [2.24, 2.45) is 0 Å². The number of carbonyl (C=O) groups is 1. The van der Waals surface area contributed by atoms with Crippen molar-refractivity contribution in [2.45, 2.75) is 32.7 Å². The Balaban J connectivity index is 2.01. The molecule has 1 aliphatic rings. The quantitative estimate of drug-likeness (QED) is 0.611. The Morgan fingerprint density at radius 2 is 1.94 bits per heavy atom. The van der Waals surface area contributed by atoms with E-state index in [-0.39, 0.29) is 5.91 Å². The third-order valence-corrected chi connectivity index (χ3v) is 3.34. The Morgan fingerprint density at radius 3 is 2.56 bits per heavy atom. The number of hydrogen-bond donors (Lipinski definition) is 2. The van der Waals surface area contributed by atoms with Crippen LogP contribution in [-0.2, 0) is 9.53 Å². The van der Waals surface area contributed by atoms with Gasteiger partial charge >= 0.3 is 0 Å². The number of nitrogens with zero attached hydrogens (tertiary/aromatic N) is 1. The van der Waals surface area contributed by atoms with Gasteiger partial charge < -0.3 is 15.4 Å². The normalized spacial score (nSPS) is 17.1. The molecule has 1 fully saturated rings. The van der Waals surface area contributed by atoms with Crippen molar-refractivity contribution in [2.75, 3.05) is 45.9 Å². The van der Waals surface area contributed by atoms with E-state index in [1.807, 2.05) is 0 Å². The second-order valence-corrected chi connectivity index (χ2v) is 4.71. The van der Waals surface area contributed by atoms with Crippen LogP contribution in [0.1, 0.15) is 26.7 Å². The van der Waals surface area contributed by atoms with Crippen molar-refractivity contribution < 1.29 is 9.53 Å². The van der Waals surface area contributed by atoms with Crippen molar-refractivity contribution in [3.05, 3.63) is 0 Å². The Bertz CT molecular complexity index is 226. The molecule has 0 aromatic carbocycles. The zero-order valence-electron chi connectivity index (χ0n) is 11.7. The third kappa shape index (κ3) is 6.33. The van der Waals surface area contributed by atoms with Gasteiger partial charge in [-0.15, -0.1) is 0 Å². The van der Waals surface area contributed by atoms with E-state index in [4.69, 9.17) is 4.74 Å². The summed E-state index contributed by atoms with van der Waals surface area (Å²) in [4.78, 5) is 14.0. The lowest BCUT2D eigenvalue weighted by atomic mass is 10.2. The van der Waals surface area contributed by atoms with Gasteiger partial charge in [-0.25, -0.2) is 0 Å². The summed E-state index contributed by atoms with van der Waals surface area (Å²) in [5.74, 6) is 0.102. The third-order valence-electron chi connectivity index (χ3n) is 3.34. The van der Waals surface area contributed by atoms with E-state index in [0.717, 1.165) is 52.2 Å². The van der Waals surface area contributed by atoms with Gasteiger partial charge in [-0.05, 0) is 12.8 Å².